The van der Waals surface area contributed by atoms with Crippen molar-refractivity contribution in [3.05, 3.63) is 77.4 Å². The molecular formula is C20H23N. The van der Waals surface area contributed by atoms with Crippen molar-refractivity contribution in [3.63, 3.8) is 0 Å². The summed E-state index contributed by atoms with van der Waals surface area (Å²) < 4.78 is 0. The first kappa shape index (κ1) is 14.1. The lowest BCUT2D eigenvalue weighted by Gasteiger charge is -2.20. The van der Waals surface area contributed by atoms with E-state index < -0.39 is 0 Å². The Balaban J connectivity index is 2.06. The van der Waals surface area contributed by atoms with Crippen molar-refractivity contribution in [2.75, 3.05) is 20.6 Å². The second kappa shape index (κ2) is 5.87. The van der Waals surface area contributed by atoms with E-state index in [9.17, 15) is 0 Å². The molecule has 0 unspecified atom stereocenters. The lowest BCUT2D eigenvalue weighted by Crippen LogP contribution is -2.17. The van der Waals surface area contributed by atoms with Crippen molar-refractivity contribution >= 4 is 5.57 Å². The average molecular weight is 277 g/mol. The Labute approximate surface area is 127 Å². The molecule has 0 aromatic heterocycles. The van der Waals surface area contributed by atoms with Gasteiger partial charge in [-0.3, -0.25) is 0 Å². The van der Waals surface area contributed by atoms with Gasteiger partial charge < -0.3 is 4.90 Å². The van der Waals surface area contributed by atoms with Gasteiger partial charge in [-0.25, -0.2) is 0 Å². The molecule has 1 heteroatoms. The van der Waals surface area contributed by atoms with Crippen molar-refractivity contribution in [2.45, 2.75) is 18.8 Å². The van der Waals surface area contributed by atoms with Gasteiger partial charge in [0, 0.05) is 0 Å². The van der Waals surface area contributed by atoms with E-state index in [-0.39, 0.29) is 0 Å². The molecule has 3 rings (SSSR count). The predicted octanol–water partition coefficient (Wildman–Crippen LogP) is 4.34. The third-order valence-corrected chi connectivity index (χ3v) is 4.46. The fourth-order valence-electron chi connectivity index (χ4n) is 3.31. The standard InChI is InChI=1S/C20H23N/c1-15-18-9-5-4-8-16(18)14-17(12-13-21(2)3)20-11-7-6-10-19(15)20/h4-11,17H,1,12-14H2,2-3H3/t17-/m1/s1. The van der Waals surface area contributed by atoms with Crippen LogP contribution in [0.2, 0.25) is 0 Å². The normalized spacial score (nSPS) is 17.3. The van der Waals surface area contributed by atoms with Gasteiger partial charge in [0.2, 0.25) is 0 Å². The highest BCUT2D eigenvalue weighted by Gasteiger charge is 2.23. The van der Waals surface area contributed by atoms with Gasteiger partial charge in [0.1, 0.15) is 0 Å². The van der Waals surface area contributed by atoms with Crippen LogP contribution < -0.4 is 0 Å². The first-order valence-corrected chi connectivity index (χ1v) is 7.68. The molecule has 2 aromatic carbocycles. The molecule has 1 nitrogen and oxygen atoms in total. The van der Waals surface area contributed by atoms with Gasteiger partial charge >= 0.3 is 0 Å². The Morgan fingerprint density at radius 3 is 2.43 bits per heavy atom. The molecule has 0 radical (unpaired) electrons. The smallest absolute Gasteiger partial charge is 0.00189 e. The zero-order chi connectivity index (χ0) is 14.8. The summed E-state index contributed by atoms with van der Waals surface area (Å²) in [7, 11) is 4.30. The Bertz CT molecular complexity index is 654. The SMILES string of the molecule is C=C1c2ccccc2C[C@@H](CCN(C)C)c2ccccc21. The average Bonchev–Trinajstić information content (AvgIpc) is 2.62. The summed E-state index contributed by atoms with van der Waals surface area (Å²) in [5.41, 5.74) is 6.71. The Morgan fingerprint density at radius 1 is 1.00 bits per heavy atom. The summed E-state index contributed by atoms with van der Waals surface area (Å²) in [6.45, 7) is 5.49. The van der Waals surface area contributed by atoms with Crippen LogP contribution in [0.1, 0.15) is 34.6 Å². The summed E-state index contributed by atoms with van der Waals surface area (Å²) in [5, 5.41) is 0. The zero-order valence-corrected chi connectivity index (χ0v) is 13.0. The molecule has 0 aliphatic heterocycles. The first-order chi connectivity index (χ1) is 10.2. The van der Waals surface area contributed by atoms with Crippen molar-refractivity contribution in [2.24, 2.45) is 0 Å². The maximum absolute atomic E-state index is 4.38. The topological polar surface area (TPSA) is 3.24 Å². The minimum atomic E-state index is 0.573. The molecule has 108 valence electrons. The minimum absolute atomic E-state index is 0.573. The molecule has 0 fully saturated rings. The van der Waals surface area contributed by atoms with Gasteiger partial charge in [-0.2, -0.15) is 0 Å². The number of benzene rings is 2. The Kier molecular flexibility index (Phi) is 3.94. The number of hydrogen-bond donors (Lipinski definition) is 0. The molecule has 0 heterocycles. The highest BCUT2D eigenvalue weighted by molar-refractivity contribution is 5.82. The molecule has 0 spiro atoms. The second-order valence-electron chi connectivity index (χ2n) is 6.22. The van der Waals surface area contributed by atoms with Crippen LogP contribution in [0, 0.1) is 0 Å². The summed E-state index contributed by atoms with van der Waals surface area (Å²) >= 11 is 0. The van der Waals surface area contributed by atoms with Crippen LogP contribution in [0.4, 0.5) is 0 Å². The molecule has 21 heavy (non-hydrogen) atoms. The molecule has 0 saturated carbocycles. The fraction of sp³-hybridized carbons (Fsp3) is 0.300. The van der Waals surface area contributed by atoms with E-state index in [1.54, 1.807) is 0 Å². The van der Waals surface area contributed by atoms with Crippen molar-refractivity contribution in [1.82, 2.24) is 4.90 Å². The van der Waals surface area contributed by atoms with Gasteiger partial charge in [-0.15, -0.1) is 0 Å². The lowest BCUT2D eigenvalue weighted by molar-refractivity contribution is 0.380. The molecule has 1 aliphatic rings. The largest absolute Gasteiger partial charge is 0.309 e. The van der Waals surface area contributed by atoms with Crippen molar-refractivity contribution < 1.29 is 0 Å². The number of rotatable bonds is 3. The molecule has 0 saturated heterocycles. The van der Waals surface area contributed by atoms with E-state index in [4.69, 9.17) is 0 Å². The van der Waals surface area contributed by atoms with Gasteiger partial charge in [0.15, 0.2) is 0 Å². The maximum atomic E-state index is 4.38. The van der Waals surface area contributed by atoms with Crippen LogP contribution in [0.25, 0.3) is 5.57 Å². The number of fused-ring (bicyclic) bond motifs is 2. The summed E-state index contributed by atoms with van der Waals surface area (Å²) in [6, 6.07) is 17.5. The lowest BCUT2D eigenvalue weighted by atomic mass is 9.88. The highest BCUT2D eigenvalue weighted by atomic mass is 15.0. The van der Waals surface area contributed by atoms with Crippen LogP contribution in [-0.2, 0) is 6.42 Å². The Morgan fingerprint density at radius 2 is 1.67 bits per heavy atom. The summed E-state index contributed by atoms with van der Waals surface area (Å²) in [6.07, 6.45) is 2.30. The van der Waals surface area contributed by atoms with Gasteiger partial charge in [0.25, 0.3) is 0 Å². The Hall–Kier alpha value is -1.86. The van der Waals surface area contributed by atoms with Crippen LogP contribution in [0.5, 0.6) is 0 Å². The molecule has 0 amide bonds. The van der Waals surface area contributed by atoms with E-state index in [1.807, 2.05) is 0 Å². The van der Waals surface area contributed by atoms with E-state index in [2.05, 4.69) is 74.1 Å². The molecule has 0 N–H and O–H groups in total. The van der Waals surface area contributed by atoms with Crippen LogP contribution >= 0.6 is 0 Å². The van der Waals surface area contributed by atoms with Crippen molar-refractivity contribution in [1.29, 1.82) is 0 Å². The molecule has 0 bridgehead atoms. The monoisotopic (exact) mass is 277 g/mol. The maximum Gasteiger partial charge on any atom is -0.00189 e. The number of nitrogens with zero attached hydrogens (tertiary/aromatic N) is 1. The summed E-state index contributed by atoms with van der Waals surface area (Å²) in [4.78, 5) is 2.27. The second-order valence-corrected chi connectivity index (χ2v) is 6.22. The quantitative estimate of drug-likeness (QED) is 0.806. The fourth-order valence-corrected chi connectivity index (χ4v) is 3.31. The highest BCUT2D eigenvalue weighted by Crippen LogP contribution is 2.38. The molecule has 1 atom stereocenters. The number of hydrogen-bond acceptors (Lipinski definition) is 1. The van der Waals surface area contributed by atoms with Crippen molar-refractivity contribution in [3.8, 4) is 0 Å². The molecule has 1 aliphatic carbocycles. The van der Waals surface area contributed by atoms with E-state index in [1.165, 1.54) is 34.2 Å². The molecular weight excluding hydrogens is 254 g/mol. The van der Waals surface area contributed by atoms with Gasteiger partial charge in [0.05, 0.1) is 0 Å². The zero-order valence-electron chi connectivity index (χ0n) is 13.0. The van der Waals surface area contributed by atoms with Crippen LogP contribution in [0.15, 0.2) is 55.1 Å². The van der Waals surface area contributed by atoms with Crippen LogP contribution in [-0.4, -0.2) is 25.5 Å². The van der Waals surface area contributed by atoms with Crippen LogP contribution in [0.3, 0.4) is 0 Å². The molecule has 2 aromatic rings. The van der Waals surface area contributed by atoms with E-state index in [0.29, 0.717) is 5.92 Å². The van der Waals surface area contributed by atoms with Gasteiger partial charge in [-0.05, 0) is 67.2 Å². The predicted molar refractivity (Wildman–Crippen MR) is 90.6 cm³/mol. The third kappa shape index (κ3) is 2.79. The van der Waals surface area contributed by atoms with E-state index >= 15 is 0 Å². The van der Waals surface area contributed by atoms with E-state index in [0.717, 1.165) is 13.0 Å². The minimum Gasteiger partial charge on any atom is -0.309 e. The summed E-state index contributed by atoms with van der Waals surface area (Å²) in [5.74, 6) is 0.573. The third-order valence-electron chi connectivity index (χ3n) is 4.46. The van der Waals surface area contributed by atoms with Gasteiger partial charge in [-0.1, -0.05) is 55.1 Å². The first-order valence-electron chi connectivity index (χ1n) is 7.68.